The Kier molecular flexibility index (Phi) is 8.03. The Balaban J connectivity index is 1.61. The number of amides is 2. The predicted molar refractivity (Wildman–Crippen MR) is 140 cm³/mol. The highest BCUT2D eigenvalue weighted by molar-refractivity contribution is 8.15. The first-order valence-corrected chi connectivity index (χ1v) is 13.3. The van der Waals surface area contributed by atoms with Crippen LogP contribution in [-0.4, -0.2) is 57.5 Å². The summed E-state index contributed by atoms with van der Waals surface area (Å²) in [4.78, 5) is 36.3. The highest BCUT2D eigenvalue weighted by Gasteiger charge is 2.55. The molecule has 0 radical (unpaired) electrons. The normalized spacial score (nSPS) is 24.9. The Hall–Kier alpha value is -3.42. The number of ether oxygens (including phenoxy) is 1. The SMILES string of the molecule is CC1[C@@](C)(C(=O)N2CCCC2)SC(N)=N[C@]1(C)c1cc(NC(=O)c2ccc(OCC(F)(F)F)cn2)cc(F)c1F. The summed E-state index contributed by atoms with van der Waals surface area (Å²) in [6, 6.07) is 4.26. The van der Waals surface area contributed by atoms with Gasteiger partial charge in [-0.2, -0.15) is 13.2 Å². The maximum atomic E-state index is 15.3. The fourth-order valence-corrected chi connectivity index (χ4v) is 6.23. The van der Waals surface area contributed by atoms with Crippen LogP contribution in [0.25, 0.3) is 0 Å². The molecule has 40 heavy (non-hydrogen) atoms. The third-order valence-electron chi connectivity index (χ3n) is 7.35. The van der Waals surface area contributed by atoms with Crippen LogP contribution in [-0.2, 0) is 10.3 Å². The molecule has 4 rings (SSSR count). The number of hydrogen-bond donors (Lipinski definition) is 2. The van der Waals surface area contributed by atoms with Crippen LogP contribution in [0.15, 0.2) is 35.5 Å². The van der Waals surface area contributed by atoms with E-state index in [4.69, 9.17) is 5.73 Å². The smallest absolute Gasteiger partial charge is 0.422 e. The topological polar surface area (TPSA) is 110 Å². The number of aromatic nitrogens is 1. The largest absolute Gasteiger partial charge is 0.483 e. The van der Waals surface area contributed by atoms with Gasteiger partial charge >= 0.3 is 6.18 Å². The number of nitrogens with two attached hydrogens (primary N) is 1. The van der Waals surface area contributed by atoms with E-state index in [1.807, 2.05) is 0 Å². The van der Waals surface area contributed by atoms with Crippen LogP contribution in [0.1, 0.15) is 49.7 Å². The molecule has 3 N–H and O–H groups in total. The summed E-state index contributed by atoms with van der Waals surface area (Å²) in [6.45, 7) is 4.68. The number of carbonyl (C=O) groups is 2. The van der Waals surface area contributed by atoms with Crippen molar-refractivity contribution in [3.63, 3.8) is 0 Å². The number of pyridine rings is 1. The van der Waals surface area contributed by atoms with Crippen molar-refractivity contribution in [2.75, 3.05) is 25.0 Å². The fourth-order valence-electron chi connectivity index (χ4n) is 4.94. The van der Waals surface area contributed by atoms with E-state index < -0.39 is 46.5 Å². The van der Waals surface area contributed by atoms with Crippen molar-refractivity contribution in [1.82, 2.24) is 9.88 Å². The van der Waals surface area contributed by atoms with Gasteiger partial charge in [0.1, 0.15) is 16.2 Å². The first-order chi connectivity index (χ1) is 18.6. The first kappa shape index (κ1) is 29.6. The minimum Gasteiger partial charge on any atom is -0.483 e. The molecule has 1 fully saturated rings. The number of benzene rings is 1. The van der Waals surface area contributed by atoms with E-state index in [1.165, 1.54) is 6.07 Å². The standard InChI is InChI=1S/C26H28F5N5O3S/c1-14-24(2,35-23(32)40-25(14,3)22(38)36-8-4-5-9-36)17-10-15(11-18(27)20(17)28)34-21(37)19-7-6-16(12-33-19)39-13-26(29,30)31/h6-7,10-12,14H,4-5,8-9,13H2,1-3H3,(H2,32,35)(H,34,37)/t14?,24-,25-/m0/s1. The molecular weight excluding hydrogens is 557 g/mol. The van der Waals surface area contributed by atoms with Gasteiger partial charge in [0.05, 0.1) is 11.7 Å². The molecular formula is C26H28F5N5O3S. The molecule has 14 heteroatoms. The van der Waals surface area contributed by atoms with Gasteiger partial charge in [-0.25, -0.2) is 13.8 Å². The molecule has 2 aliphatic rings. The zero-order chi connectivity index (χ0) is 29.5. The van der Waals surface area contributed by atoms with Gasteiger partial charge in [-0.1, -0.05) is 18.7 Å². The number of nitrogens with zero attached hydrogens (tertiary/aromatic N) is 3. The fraction of sp³-hybridized carbons (Fsp3) is 0.462. The zero-order valence-corrected chi connectivity index (χ0v) is 22.8. The molecule has 216 valence electrons. The van der Waals surface area contributed by atoms with E-state index in [0.717, 1.165) is 49.0 Å². The summed E-state index contributed by atoms with van der Waals surface area (Å²) in [5.74, 6) is -4.29. The van der Waals surface area contributed by atoms with Crippen molar-refractivity contribution in [3.8, 4) is 5.75 Å². The van der Waals surface area contributed by atoms with Crippen LogP contribution in [0, 0.1) is 17.6 Å². The summed E-state index contributed by atoms with van der Waals surface area (Å²) < 4.78 is 70.7. The van der Waals surface area contributed by atoms with Crippen LogP contribution in [0.5, 0.6) is 5.75 Å². The van der Waals surface area contributed by atoms with Crippen molar-refractivity contribution in [2.45, 2.75) is 50.1 Å². The lowest BCUT2D eigenvalue weighted by Crippen LogP contribution is -2.56. The van der Waals surface area contributed by atoms with Gasteiger partial charge in [-0.3, -0.25) is 14.6 Å². The third-order valence-corrected chi connectivity index (χ3v) is 8.60. The number of anilines is 1. The molecule has 1 aromatic heterocycles. The second-order valence-electron chi connectivity index (χ2n) is 10.1. The molecule has 2 aromatic rings. The molecule has 8 nitrogen and oxygen atoms in total. The van der Waals surface area contributed by atoms with Crippen molar-refractivity contribution in [1.29, 1.82) is 0 Å². The second-order valence-corrected chi connectivity index (χ2v) is 11.6. The van der Waals surface area contributed by atoms with E-state index in [9.17, 15) is 27.2 Å². The number of likely N-dealkylation sites (tertiary alicyclic amines) is 1. The number of halogens is 5. The molecule has 2 aliphatic heterocycles. The zero-order valence-electron chi connectivity index (χ0n) is 21.9. The quantitative estimate of drug-likeness (QED) is 0.470. The Labute approximate surface area is 231 Å². The second kappa shape index (κ2) is 10.9. The Bertz CT molecular complexity index is 1330. The number of nitrogens with one attached hydrogen (secondary N) is 1. The van der Waals surface area contributed by atoms with Crippen molar-refractivity contribution < 1.29 is 36.3 Å². The van der Waals surface area contributed by atoms with Gasteiger partial charge < -0.3 is 20.7 Å². The maximum Gasteiger partial charge on any atom is 0.422 e. The molecule has 1 saturated heterocycles. The summed E-state index contributed by atoms with van der Waals surface area (Å²) in [6.07, 6.45) is -1.85. The van der Waals surface area contributed by atoms with E-state index in [-0.39, 0.29) is 33.8 Å². The van der Waals surface area contributed by atoms with E-state index >= 15 is 4.39 Å². The highest BCUT2D eigenvalue weighted by Crippen LogP contribution is 2.51. The van der Waals surface area contributed by atoms with Crippen molar-refractivity contribution >= 4 is 34.4 Å². The van der Waals surface area contributed by atoms with Gasteiger partial charge in [0.25, 0.3) is 5.91 Å². The van der Waals surface area contributed by atoms with Gasteiger partial charge in [-0.15, -0.1) is 0 Å². The molecule has 1 unspecified atom stereocenters. The van der Waals surface area contributed by atoms with Crippen molar-refractivity contribution in [2.24, 2.45) is 16.6 Å². The predicted octanol–water partition coefficient (Wildman–Crippen LogP) is 4.85. The van der Waals surface area contributed by atoms with E-state index in [0.29, 0.717) is 13.1 Å². The summed E-state index contributed by atoms with van der Waals surface area (Å²) in [5, 5.41) is 2.47. The monoisotopic (exact) mass is 585 g/mol. The molecule has 3 atom stereocenters. The van der Waals surface area contributed by atoms with Crippen LogP contribution in [0.3, 0.4) is 0 Å². The number of aliphatic imine (C=N–C) groups is 1. The average molecular weight is 586 g/mol. The number of rotatable bonds is 6. The Morgan fingerprint density at radius 3 is 2.48 bits per heavy atom. The molecule has 3 heterocycles. The van der Waals surface area contributed by atoms with Crippen LogP contribution >= 0.6 is 11.8 Å². The lowest BCUT2D eigenvalue weighted by molar-refractivity contribution is -0.153. The van der Waals surface area contributed by atoms with Crippen LogP contribution < -0.4 is 15.8 Å². The van der Waals surface area contributed by atoms with Crippen molar-refractivity contribution in [3.05, 3.63) is 53.4 Å². The lowest BCUT2D eigenvalue weighted by atomic mass is 9.73. The molecule has 0 saturated carbocycles. The van der Waals surface area contributed by atoms with Gasteiger partial charge in [0, 0.05) is 36.3 Å². The van der Waals surface area contributed by atoms with Gasteiger partial charge in [0.15, 0.2) is 23.4 Å². The Morgan fingerprint density at radius 2 is 1.88 bits per heavy atom. The minimum atomic E-state index is -4.54. The number of thioether (sulfide) groups is 1. The Morgan fingerprint density at radius 1 is 1.20 bits per heavy atom. The first-order valence-electron chi connectivity index (χ1n) is 12.4. The number of carbonyl (C=O) groups excluding carboxylic acids is 2. The lowest BCUT2D eigenvalue weighted by Gasteiger charge is -2.47. The molecule has 0 aliphatic carbocycles. The molecule has 0 bridgehead atoms. The van der Waals surface area contributed by atoms with Crippen LogP contribution in [0.4, 0.5) is 27.6 Å². The summed E-state index contributed by atoms with van der Waals surface area (Å²) >= 11 is 1.09. The third kappa shape index (κ3) is 5.86. The molecule has 2 amide bonds. The highest BCUT2D eigenvalue weighted by atomic mass is 32.2. The molecule has 0 spiro atoms. The minimum absolute atomic E-state index is 0.0434. The van der Waals surface area contributed by atoms with E-state index in [1.54, 1.807) is 25.7 Å². The average Bonchev–Trinajstić information content (AvgIpc) is 3.42. The summed E-state index contributed by atoms with van der Waals surface area (Å²) in [5.41, 5.74) is 4.14. The van der Waals surface area contributed by atoms with Crippen LogP contribution in [0.2, 0.25) is 0 Å². The molecule has 1 aromatic carbocycles. The maximum absolute atomic E-state index is 15.3. The van der Waals surface area contributed by atoms with Gasteiger partial charge in [0.2, 0.25) is 5.91 Å². The van der Waals surface area contributed by atoms with Gasteiger partial charge in [-0.05, 0) is 44.9 Å². The number of alkyl halides is 3. The number of hydrogen-bond acceptors (Lipinski definition) is 7. The van der Waals surface area contributed by atoms with E-state index in [2.05, 4.69) is 20.0 Å². The number of amidine groups is 1. The summed E-state index contributed by atoms with van der Waals surface area (Å²) in [7, 11) is 0.